The van der Waals surface area contributed by atoms with Crippen molar-refractivity contribution in [1.82, 2.24) is 20.3 Å². The molecule has 1 atom stereocenters. The molecule has 39 heavy (non-hydrogen) atoms. The monoisotopic (exact) mass is 525 g/mol. The molecule has 0 radical (unpaired) electrons. The number of carbonyl (C=O) groups is 3. The molecule has 9 nitrogen and oxygen atoms in total. The molecule has 0 aliphatic heterocycles. The van der Waals surface area contributed by atoms with E-state index in [4.69, 9.17) is 4.74 Å². The van der Waals surface area contributed by atoms with Crippen molar-refractivity contribution in [1.29, 1.82) is 0 Å². The van der Waals surface area contributed by atoms with Gasteiger partial charge in [0.15, 0.2) is 5.78 Å². The zero-order chi connectivity index (χ0) is 27.4. The van der Waals surface area contributed by atoms with Gasteiger partial charge in [0.05, 0.1) is 12.6 Å². The minimum absolute atomic E-state index is 0.0573. The number of fused-ring (bicyclic) bond motifs is 1. The zero-order valence-electron chi connectivity index (χ0n) is 22.0. The average Bonchev–Trinajstić information content (AvgIpc) is 3.61. The summed E-state index contributed by atoms with van der Waals surface area (Å²) in [4.78, 5) is 41.5. The summed E-state index contributed by atoms with van der Waals surface area (Å²) < 4.78 is 6.98. The lowest BCUT2D eigenvalue weighted by Crippen LogP contribution is -2.47. The molecule has 9 heteroatoms. The Bertz CT molecular complexity index is 1490. The lowest BCUT2D eigenvalue weighted by molar-refractivity contribution is -0.127. The van der Waals surface area contributed by atoms with E-state index < -0.39 is 6.04 Å². The molecule has 0 spiro atoms. The van der Waals surface area contributed by atoms with E-state index in [0.29, 0.717) is 33.6 Å². The Kier molecular flexibility index (Phi) is 7.67. The molecule has 1 unspecified atom stereocenters. The third kappa shape index (κ3) is 5.67. The summed E-state index contributed by atoms with van der Waals surface area (Å²) in [6.07, 6.45) is 3.93. The number of rotatable bonds is 9. The average molecular weight is 526 g/mol. The Morgan fingerprint density at radius 2 is 1.77 bits per heavy atom. The van der Waals surface area contributed by atoms with Crippen LogP contribution in [0.4, 0.5) is 5.69 Å². The standard InChI is InChI=1S/C30H31N5O4/c1-20(36)21-14-16-24(17-15-21)35(28(37)19-34-27-13-6-5-12-26(27)32-33-34)29(22-8-7-11-25(18-22)39-2)30(38)31-23-9-3-4-10-23/h5-8,11-18,23,29H,3-4,9-10,19H2,1-2H3,(H,31,38). The Morgan fingerprint density at radius 1 is 1.03 bits per heavy atom. The van der Waals surface area contributed by atoms with Gasteiger partial charge < -0.3 is 10.1 Å². The summed E-state index contributed by atoms with van der Waals surface area (Å²) in [5.74, 6) is -0.136. The number of ketones is 1. The van der Waals surface area contributed by atoms with Crippen molar-refractivity contribution < 1.29 is 19.1 Å². The van der Waals surface area contributed by atoms with Crippen LogP contribution in [-0.2, 0) is 16.1 Å². The number of anilines is 1. The first-order valence-electron chi connectivity index (χ1n) is 13.1. The Labute approximate surface area is 226 Å². The van der Waals surface area contributed by atoms with E-state index in [1.807, 2.05) is 30.3 Å². The van der Waals surface area contributed by atoms with Crippen molar-refractivity contribution in [2.75, 3.05) is 12.0 Å². The van der Waals surface area contributed by atoms with Crippen LogP contribution in [0.2, 0.25) is 0 Å². The quantitative estimate of drug-likeness (QED) is 0.323. The molecule has 3 aromatic carbocycles. The van der Waals surface area contributed by atoms with Crippen LogP contribution in [0, 0.1) is 0 Å². The molecular weight excluding hydrogens is 494 g/mol. The van der Waals surface area contributed by atoms with Crippen LogP contribution in [0.25, 0.3) is 11.0 Å². The molecule has 4 aromatic rings. The summed E-state index contributed by atoms with van der Waals surface area (Å²) >= 11 is 0. The number of ether oxygens (including phenoxy) is 1. The zero-order valence-corrected chi connectivity index (χ0v) is 22.0. The molecule has 1 N–H and O–H groups in total. The first-order valence-corrected chi connectivity index (χ1v) is 13.1. The van der Waals surface area contributed by atoms with E-state index >= 15 is 0 Å². The van der Waals surface area contributed by atoms with Crippen LogP contribution in [0.1, 0.15) is 54.6 Å². The molecule has 2 amide bonds. The highest BCUT2D eigenvalue weighted by atomic mass is 16.5. The number of nitrogens with one attached hydrogen (secondary N) is 1. The molecular formula is C30H31N5O4. The van der Waals surface area contributed by atoms with E-state index in [9.17, 15) is 14.4 Å². The second kappa shape index (κ2) is 11.5. The van der Waals surface area contributed by atoms with Gasteiger partial charge in [-0.05, 0) is 73.9 Å². The highest BCUT2D eigenvalue weighted by Gasteiger charge is 2.35. The first-order chi connectivity index (χ1) is 18.9. The smallest absolute Gasteiger partial charge is 0.249 e. The molecule has 200 valence electrons. The van der Waals surface area contributed by atoms with E-state index in [-0.39, 0.29) is 30.2 Å². The second-order valence-corrected chi connectivity index (χ2v) is 9.77. The second-order valence-electron chi connectivity index (χ2n) is 9.77. The largest absolute Gasteiger partial charge is 0.497 e. The van der Waals surface area contributed by atoms with Crippen LogP contribution in [-0.4, -0.2) is 45.7 Å². The lowest BCUT2D eigenvalue weighted by Gasteiger charge is -2.32. The van der Waals surface area contributed by atoms with E-state index in [1.165, 1.54) is 16.5 Å². The number of nitrogens with zero attached hydrogens (tertiary/aromatic N) is 4. The van der Waals surface area contributed by atoms with E-state index in [2.05, 4.69) is 15.6 Å². The molecule has 1 aliphatic carbocycles. The summed E-state index contributed by atoms with van der Waals surface area (Å²) in [5.41, 5.74) is 3.00. The SMILES string of the molecule is COc1cccc(C(C(=O)NC2CCCC2)N(C(=O)Cn2nnc3ccccc32)c2ccc(C(C)=O)cc2)c1. The molecule has 1 saturated carbocycles. The van der Waals surface area contributed by atoms with Gasteiger partial charge in [0.1, 0.15) is 23.9 Å². The number of carbonyl (C=O) groups excluding carboxylic acids is 3. The van der Waals surface area contributed by atoms with Crippen LogP contribution >= 0.6 is 0 Å². The van der Waals surface area contributed by atoms with Crippen molar-refractivity contribution in [3.63, 3.8) is 0 Å². The highest BCUT2D eigenvalue weighted by Crippen LogP contribution is 2.32. The van der Waals surface area contributed by atoms with Crippen LogP contribution in [0.5, 0.6) is 5.75 Å². The Balaban J connectivity index is 1.59. The molecule has 1 aliphatic rings. The summed E-state index contributed by atoms with van der Waals surface area (Å²) in [5, 5.41) is 11.5. The number of aromatic nitrogens is 3. The van der Waals surface area contributed by atoms with Gasteiger partial charge in [-0.3, -0.25) is 19.3 Å². The molecule has 0 bridgehead atoms. The van der Waals surface area contributed by atoms with Crippen LogP contribution in [0.3, 0.4) is 0 Å². The fourth-order valence-electron chi connectivity index (χ4n) is 5.11. The predicted molar refractivity (Wildman–Crippen MR) is 148 cm³/mol. The number of amides is 2. The van der Waals surface area contributed by atoms with Gasteiger partial charge >= 0.3 is 0 Å². The van der Waals surface area contributed by atoms with Gasteiger partial charge in [0, 0.05) is 17.3 Å². The third-order valence-corrected chi connectivity index (χ3v) is 7.14. The van der Waals surface area contributed by atoms with Gasteiger partial charge in [-0.2, -0.15) is 0 Å². The third-order valence-electron chi connectivity index (χ3n) is 7.14. The summed E-state index contributed by atoms with van der Waals surface area (Å²) in [6, 6.07) is 20.4. The Morgan fingerprint density at radius 3 is 2.49 bits per heavy atom. The summed E-state index contributed by atoms with van der Waals surface area (Å²) in [7, 11) is 1.56. The number of para-hydroxylation sites is 1. The number of Topliss-reactive ketones (excluding diaryl/α,β-unsaturated/α-hetero) is 1. The van der Waals surface area contributed by atoms with Crippen LogP contribution < -0.4 is 15.0 Å². The number of benzene rings is 3. The topological polar surface area (TPSA) is 106 Å². The van der Waals surface area contributed by atoms with E-state index in [0.717, 1.165) is 25.7 Å². The van der Waals surface area contributed by atoms with Crippen LogP contribution in [0.15, 0.2) is 72.8 Å². The maximum atomic E-state index is 14.1. The molecule has 0 saturated heterocycles. The van der Waals surface area contributed by atoms with Gasteiger partial charge in [0.25, 0.3) is 0 Å². The van der Waals surface area contributed by atoms with Crippen molar-refractivity contribution >= 4 is 34.3 Å². The predicted octanol–water partition coefficient (Wildman–Crippen LogP) is 4.48. The van der Waals surface area contributed by atoms with Gasteiger partial charge in [-0.15, -0.1) is 5.10 Å². The fraction of sp³-hybridized carbons (Fsp3) is 0.300. The maximum Gasteiger partial charge on any atom is 0.249 e. The first kappa shape index (κ1) is 26.1. The molecule has 1 heterocycles. The minimum atomic E-state index is -0.980. The van der Waals surface area contributed by atoms with Gasteiger partial charge in [-0.25, -0.2) is 4.68 Å². The maximum absolute atomic E-state index is 14.1. The van der Waals surface area contributed by atoms with Gasteiger partial charge in [0.2, 0.25) is 11.8 Å². The van der Waals surface area contributed by atoms with Gasteiger partial charge in [-0.1, -0.05) is 42.3 Å². The number of methoxy groups -OCH3 is 1. The van der Waals surface area contributed by atoms with E-state index in [1.54, 1.807) is 49.6 Å². The minimum Gasteiger partial charge on any atom is -0.497 e. The molecule has 1 aromatic heterocycles. The van der Waals surface area contributed by atoms with Crippen molar-refractivity contribution in [3.8, 4) is 5.75 Å². The van der Waals surface area contributed by atoms with Crippen molar-refractivity contribution in [2.45, 2.75) is 51.2 Å². The summed E-state index contributed by atoms with van der Waals surface area (Å²) in [6.45, 7) is 1.36. The number of hydrogen-bond donors (Lipinski definition) is 1. The van der Waals surface area contributed by atoms with Crippen molar-refractivity contribution in [2.24, 2.45) is 0 Å². The highest BCUT2D eigenvalue weighted by molar-refractivity contribution is 6.02. The lowest BCUT2D eigenvalue weighted by atomic mass is 10.0. The Hall–Kier alpha value is -4.53. The molecule has 5 rings (SSSR count). The number of hydrogen-bond acceptors (Lipinski definition) is 6. The fourth-order valence-corrected chi connectivity index (χ4v) is 5.11. The van der Waals surface area contributed by atoms with Crippen molar-refractivity contribution in [3.05, 3.63) is 83.9 Å². The molecule has 1 fully saturated rings. The normalized spacial score (nSPS) is 14.2.